The number of nitrogens with one attached hydrogen (secondary N) is 1. The second kappa shape index (κ2) is 8.08. The fraction of sp³-hybridized carbons (Fsp3) is 0.500. The summed E-state index contributed by atoms with van der Waals surface area (Å²) < 4.78 is 42.1. The number of hydrogen-bond donors (Lipinski definition) is 1. The van der Waals surface area contributed by atoms with E-state index >= 15 is 0 Å². The van der Waals surface area contributed by atoms with Gasteiger partial charge in [0, 0.05) is 44.2 Å². The predicted molar refractivity (Wildman–Crippen MR) is 92.5 cm³/mol. The molecule has 1 N–H and O–H groups in total. The van der Waals surface area contributed by atoms with Crippen LogP contribution in [0.25, 0.3) is 0 Å². The molecule has 0 atom stereocenters. The van der Waals surface area contributed by atoms with E-state index in [0.717, 1.165) is 18.5 Å². The van der Waals surface area contributed by atoms with E-state index < -0.39 is 12.8 Å². The van der Waals surface area contributed by atoms with Gasteiger partial charge in [0.25, 0.3) is 5.56 Å². The van der Waals surface area contributed by atoms with Gasteiger partial charge in [-0.05, 0) is 12.5 Å². The highest BCUT2D eigenvalue weighted by Gasteiger charge is 2.29. The van der Waals surface area contributed by atoms with Gasteiger partial charge in [-0.2, -0.15) is 13.2 Å². The molecule has 0 spiro atoms. The number of rotatable bonds is 6. The molecule has 0 aliphatic carbocycles. The van der Waals surface area contributed by atoms with Crippen LogP contribution >= 0.6 is 0 Å². The van der Waals surface area contributed by atoms with Crippen molar-refractivity contribution in [2.24, 2.45) is 0 Å². The van der Waals surface area contributed by atoms with Gasteiger partial charge >= 0.3 is 6.18 Å². The summed E-state index contributed by atoms with van der Waals surface area (Å²) in [6.45, 7) is 2.02. The lowest BCUT2D eigenvalue weighted by molar-refractivity contribution is -0.154. The van der Waals surface area contributed by atoms with Crippen molar-refractivity contribution in [2.45, 2.75) is 45.5 Å². The number of ether oxygens (including phenoxy) is 1. The van der Waals surface area contributed by atoms with Crippen LogP contribution in [-0.2, 0) is 25.9 Å². The van der Waals surface area contributed by atoms with Gasteiger partial charge < -0.3 is 9.72 Å². The SMILES string of the molecule is CCCc1nc2c(c(=O)[nH]1)CN(Cc1cccnc1OCC(F)(F)F)CC2. The quantitative estimate of drug-likeness (QED) is 0.832. The molecule has 0 saturated heterocycles. The normalized spacial score (nSPS) is 14.8. The molecule has 146 valence electrons. The van der Waals surface area contributed by atoms with Crippen LogP contribution in [0, 0.1) is 0 Å². The zero-order chi connectivity index (χ0) is 19.4. The minimum absolute atomic E-state index is 0.0362. The number of H-pyrrole nitrogens is 1. The van der Waals surface area contributed by atoms with E-state index in [1.807, 2.05) is 11.8 Å². The second-order valence-electron chi connectivity index (χ2n) is 6.52. The number of alkyl halides is 3. The van der Waals surface area contributed by atoms with Crippen molar-refractivity contribution >= 4 is 0 Å². The van der Waals surface area contributed by atoms with Crippen LogP contribution in [0.5, 0.6) is 5.88 Å². The van der Waals surface area contributed by atoms with Gasteiger partial charge in [-0.3, -0.25) is 9.69 Å². The number of fused-ring (bicyclic) bond motifs is 1. The first kappa shape index (κ1) is 19.3. The topological polar surface area (TPSA) is 71.1 Å². The van der Waals surface area contributed by atoms with Gasteiger partial charge in [-0.15, -0.1) is 0 Å². The average molecular weight is 382 g/mol. The smallest absolute Gasteiger partial charge is 0.422 e. The van der Waals surface area contributed by atoms with E-state index in [1.54, 1.807) is 12.1 Å². The van der Waals surface area contributed by atoms with Crippen LogP contribution < -0.4 is 10.3 Å². The average Bonchev–Trinajstić information content (AvgIpc) is 2.61. The molecule has 1 aliphatic heterocycles. The van der Waals surface area contributed by atoms with Gasteiger partial charge in [0.2, 0.25) is 5.88 Å². The monoisotopic (exact) mass is 382 g/mol. The summed E-state index contributed by atoms with van der Waals surface area (Å²) in [5.74, 6) is 0.663. The lowest BCUT2D eigenvalue weighted by Gasteiger charge is -2.28. The molecule has 0 aromatic carbocycles. The summed E-state index contributed by atoms with van der Waals surface area (Å²) in [6.07, 6.45) is -0.787. The highest BCUT2D eigenvalue weighted by atomic mass is 19.4. The molecule has 9 heteroatoms. The molecule has 3 rings (SSSR count). The molecule has 27 heavy (non-hydrogen) atoms. The van der Waals surface area contributed by atoms with Crippen molar-refractivity contribution in [1.29, 1.82) is 0 Å². The zero-order valence-electron chi connectivity index (χ0n) is 15.0. The standard InChI is InChI=1S/C18H21F3N4O2/c1-2-4-15-23-14-6-8-25(10-13(14)16(26)24-15)9-12-5-3-7-22-17(12)27-11-18(19,20)21/h3,5,7H,2,4,6,8-11H2,1H3,(H,23,24,26). The Bertz CT molecular complexity index is 851. The van der Waals surface area contributed by atoms with E-state index in [-0.39, 0.29) is 11.4 Å². The van der Waals surface area contributed by atoms with Crippen LogP contribution in [-0.4, -0.2) is 39.2 Å². The van der Waals surface area contributed by atoms with Crippen molar-refractivity contribution in [1.82, 2.24) is 19.9 Å². The maximum atomic E-state index is 12.4. The fourth-order valence-corrected chi connectivity index (χ4v) is 3.09. The van der Waals surface area contributed by atoms with Crippen molar-refractivity contribution in [2.75, 3.05) is 13.2 Å². The summed E-state index contributed by atoms with van der Waals surface area (Å²) >= 11 is 0. The number of aromatic nitrogens is 3. The van der Waals surface area contributed by atoms with Gasteiger partial charge in [0.1, 0.15) is 5.82 Å². The lowest BCUT2D eigenvalue weighted by Crippen LogP contribution is -2.36. The minimum Gasteiger partial charge on any atom is -0.468 e. The Morgan fingerprint density at radius 2 is 2.19 bits per heavy atom. The molecular weight excluding hydrogens is 361 g/mol. The Morgan fingerprint density at radius 3 is 2.93 bits per heavy atom. The van der Waals surface area contributed by atoms with Gasteiger partial charge in [-0.25, -0.2) is 9.97 Å². The number of halogens is 3. The van der Waals surface area contributed by atoms with Crippen LogP contribution in [0.1, 0.15) is 36.0 Å². The number of pyridine rings is 1. The predicted octanol–water partition coefficient (Wildman–Crippen LogP) is 2.62. The summed E-state index contributed by atoms with van der Waals surface area (Å²) in [5, 5.41) is 0. The molecule has 0 bridgehead atoms. The largest absolute Gasteiger partial charge is 0.468 e. The van der Waals surface area contributed by atoms with Crippen LogP contribution in [0.15, 0.2) is 23.1 Å². The van der Waals surface area contributed by atoms with Crippen molar-refractivity contribution in [3.8, 4) is 5.88 Å². The highest BCUT2D eigenvalue weighted by molar-refractivity contribution is 5.27. The van der Waals surface area contributed by atoms with Gasteiger partial charge in [0.15, 0.2) is 6.61 Å². The third-order valence-corrected chi connectivity index (χ3v) is 4.30. The Balaban J connectivity index is 1.73. The molecule has 0 fully saturated rings. The molecule has 3 heterocycles. The van der Waals surface area contributed by atoms with E-state index in [0.29, 0.717) is 43.0 Å². The first-order chi connectivity index (χ1) is 12.9. The van der Waals surface area contributed by atoms with Crippen molar-refractivity contribution in [3.05, 3.63) is 51.3 Å². The molecule has 0 amide bonds. The molecule has 0 saturated carbocycles. The number of aromatic amines is 1. The van der Waals surface area contributed by atoms with Gasteiger partial charge in [-0.1, -0.05) is 13.0 Å². The minimum atomic E-state index is -4.42. The van der Waals surface area contributed by atoms with Gasteiger partial charge in [0.05, 0.1) is 11.3 Å². The second-order valence-corrected chi connectivity index (χ2v) is 6.52. The first-order valence-electron chi connectivity index (χ1n) is 8.82. The maximum Gasteiger partial charge on any atom is 0.422 e. The summed E-state index contributed by atoms with van der Waals surface area (Å²) in [6, 6.07) is 3.33. The molecule has 6 nitrogen and oxygen atoms in total. The van der Waals surface area contributed by atoms with E-state index in [4.69, 9.17) is 4.74 Å². The highest BCUT2D eigenvalue weighted by Crippen LogP contribution is 2.23. The van der Waals surface area contributed by atoms with Crippen molar-refractivity contribution in [3.63, 3.8) is 0 Å². The molecule has 0 unspecified atom stereocenters. The Hall–Kier alpha value is -2.42. The van der Waals surface area contributed by atoms with E-state index in [9.17, 15) is 18.0 Å². The maximum absolute atomic E-state index is 12.4. The molecule has 0 radical (unpaired) electrons. The first-order valence-corrected chi connectivity index (χ1v) is 8.82. The lowest BCUT2D eigenvalue weighted by atomic mass is 10.1. The molecular formula is C18H21F3N4O2. The summed E-state index contributed by atoms with van der Waals surface area (Å²) in [5.41, 5.74) is 1.83. The van der Waals surface area contributed by atoms with E-state index in [1.165, 1.54) is 6.20 Å². The third kappa shape index (κ3) is 5.06. The van der Waals surface area contributed by atoms with Crippen LogP contribution in [0.3, 0.4) is 0 Å². The number of aryl methyl sites for hydroxylation is 1. The molecule has 1 aliphatic rings. The van der Waals surface area contributed by atoms with Crippen LogP contribution in [0.4, 0.5) is 13.2 Å². The third-order valence-electron chi connectivity index (χ3n) is 4.30. The van der Waals surface area contributed by atoms with Crippen LogP contribution in [0.2, 0.25) is 0 Å². The fourth-order valence-electron chi connectivity index (χ4n) is 3.09. The Labute approximate surface area is 154 Å². The Kier molecular flexibility index (Phi) is 5.79. The molecule has 2 aromatic rings. The molecule has 2 aromatic heterocycles. The Morgan fingerprint density at radius 1 is 1.37 bits per heavy atom. The number of hydrogen-bond acceptors (Lipinski definition) is 5. The van der Waals surface area contributed by atoms with E-state index in [2.05, 4.69) is 15.0 Å². The zero-order valence-corrected chi connectivity index (χ0v) is 15.0. The number of nitrogens with zero attached hydrogens (tertiary/aromatic N) is 3. The summed E-state index contributed by atoms with van der Waals surface area (Å²) in [7, 11) is 0. The summed E-state index contributed by atoms with van der Waals surface area (Å²) in [4.78, 5) is 25.6. The van der Waals surface area contributed by atoms with Crippen molar-refractivity contribution < 1.29 is 17.9 Å².